The predicted molar refractivity (Wildman–Crippen MR) is 61.6 cm³/mol. The summed E-state index contributed by atoms with van der Waals surface area (Å²) in [6.45, 7) is 5.89. The second-order valence-corrected chi connectivity index (χ2v) is 5.12. The Balaban J connectivity index is 1.88. The number of nitrogens with zero attached hydrogens (tertiary/aromatic N) is 2. The molecule has 2 fully saturated rings. The van der Waals surface area contributed by atoms with E-state index in [1.54, 1.807) is 6.20 Å². The van der Waals surface area contributed by atoms with Crippen LogP contribution in [0, 0.1) is 12.8 Å². The third kappa shape index (κ3) is 1.57. The molecule has 0 radical (unpaired) electrons. The van der Waals surface area contributed by atoms with Crippen molar-refractivity contribution in [1.29, 1.82) is 0 Å². The van der Waals surface area contributed by atoms with Crippen LogP contribution >= 0.6 is 0 Å². The summed E-state index contributed by atoms with van der Waals surface area (Å²) in [7, 11) is 0. The number of carbonyl (C=O) groups excluding carboxylic acids is 1. The molecular formula is C12H17N3O2. The summed E-state index contributed by atoms with van der Waals surface area (Å²) in [6, 6.07) is 0.617. The normalized spacial score (nSPS) is 31.9. The Hall–Kier alpha value is -1.36. The van der Waals surface area contributed by atoms with Crippen molar-refractivity contribution in [3.05, 3.63) is 17.5 Å². The van der Waals surface area contributed by atoms with Crippen molar-refractivity contribution in [1.82, 2.24) is 15.4 Å². The van der Waals surface area contributed by atoms with Gasteiger partial charge in [-0.1, -0.05) is 5.16 Å². The Bertz CT molecular complexity index is 443. The third-order valence-electron chi connectivity index (χ3n) is 3.96. The molecule has 1 amide bonds. The third-order valence-corrected chi connectivity index (χ3v) is 3.96. The van der Waals surface area contributed by atoms with Crippen molar-refractivity contribution >= 4 is 5.91 Å². The quantitative estimate of drug-likeness (QED) is 0.782. The van der Waals surface area contributed by atoms with Gasteiger partial charge < -0.3 is 14.7 Å². The number of rotatable bonds is 1. The van der Waals surface area contributed by atoms with E-state index in [2.05, 4.69) is 17.4 Å². The Labute approximate surface area is 100 Å². The average molecular weight is 235 g/mol. The molecule has 3 rings (SSSR count). The van der Waals surface area contributed by atoms with Crippen LogP contribution in [0.25, 0.3) is 0 Å². The van der Waals surface area contributed by atoms with E-state index in [4.69, 9.17) is 4.52 Å². The molecule has 1 aromatic rings. The molecule has 92 valence electrons. The molecule has 2 saturated heterocycles. The van der Waals surface area contributed by atoms with Gasteiger partial charge in [0.25, 0.3) is 5.91 Å². The van der Waals surface area contributed by atoms with Crippen molar-refractivity contribution in [3.63, 3.8) is 0 Å². The smallest absolute Gasteiger partial charge is 0.293 e. The molecule has 2 aliphatic rings. The molecule has 3 unspecified atom stereocenters. The monoisotopic (exact) mass is 235 g/mol. The summed E-state index contributed by atoms with van der Waals surface area (Å²) < 4.78 is 5.07. The average Bonchev–Trinajstić information content (AvgIpc) is 2.92. The highest BCUT2D eigenvalue weighted by molar-refractivity contribution is 5.93. The lowest BCUT2D eigenvalue weighted by Gasteiger charge is -2.26. The standard InChI is InChI=1S/C12H17N3O2/c1-7-4-14-17-11(7)12(16)15-8(2)3-9-5-13-6-10(9)15/h4,8-10,13H,3,5-6H2,1-2H3. The predicted octanol–water partition coefficient (Wildman–Crippen LogP) is 0.805. The number of aromatic nitrogens is 1. The van der Waals surface area contributed by atoms with Gasteiger partial charge in [0.15, 0.2) is 0 Å². The van der Waals surface area contributed by atoms with Crippen LogP contribution in [0.2, 0.25) is 0 Å². The summed E-state index contributed by atoms with van der Waals surface area (Å²) in [5, 5.41) is 7.04. The molecule has 0 bridgehead atoms. The lowest BCUT2D eigenvalue weighted by atomic mass is 10.0. The summed E-state index contributed by atoms with van der Waals surface area (Å²) in [6.07, 6.45) is 2.68. The van der Waals surface area contributed by atoms with E-state index in [0.717, 1.165) is 25.1 Å². The first-order valence-electron chi connectivity index (χ1n) is 6.13. The van der Waals surface area contributed by atoms with Crippen molar-refractivity contribution < 1.29 is 9.32 Å². The first-order chi connectivity index (χ1) is 8.18. The highest BCUT2D eigenvalue weighted by Gasteiger charge is 2.45. The number of carbonyl (C=O) groups is 1. The molecular weight excluding hydrogens is 218 g/mol. The van der Waals surface area contributed by atoms with E-state index in [1.807, 2.05) is 11.8 Å². The number of hydrogen-bond acceptors (Lipinski definition) is 4. The minimum Gasteiger partial charge on any atom is -0.351 e. The van der Waals surface area contributed by atoms with Gasteiger partial charge in [-0.3, -0.25) is 4.79 Å². The molecule has 3 atom stereocenters. The highest BCUT2D eigenvalue weighted by Crippen LogP contribution is 2.33. The Morgan fingerprint density at radius 1 is 1.59 bits per heavy atom. The Kier molecular flexibility index (Phi) is 2.43. The lowest BCUT2D eigenvalue weighted by molar-refractivity contribution is 0.0638. The maximum atomic E-state index is 12.4. The maximum Gasteiger partial charge on any atom is 0.293 e. The van der Waals surface area contributed by atoms with E-state index >= 15 is 0 Å². The van der Waals surface area contributed by atoms with Crippen molar-refractivity contribution in [2.75, 3.05) is 13.1 Å². The highest BCUT2D eigenvalue weighted by atomic mass is 16.5. The fraction of sp³-hybridized carbons (Fsp3) is 0.667. The molecule has 0 aromatic carbocycles. The number of nitrogens with one attached hydrogen (secondary N) is 1. The molecule has 5 nitrogen and oxygen atoms in total. The molecule has 5 heteroatoms. The van der Waals surface area contributed by atoms with Gasteiger partial charge in [-0.25, -0.2) is 0 Å². The SMILES string of the molecule is Cc1cnoc1C(=O)N1C(C)CC2CNCC21. The van der Waals surface area contributed by atoms with Gasteiger partial charge in [0.1, 0.15) is 0 Å². The molecule has 0 spiro atoms. The summed E-state index contributed by atoms with van der Waals surface area (Å²) in [5.41, 5.74) is 0.816. The Morgan fingerprint density at radius 2 is 2.41 bits per heavy atom. The van der Waals surface area contributed by atoms with E-state index in [9.17, 15) is 4.79 Å². The van der Waals surface area contributed by atoms with Crippen LogP contribution in [0.3, 0.4) is 0 Å². The number of aryl methyl sites for hydroxylation is 1. The van der Waals surface area contributed by atoms with E-state index in [-0.39, 0.29) is 5.91 Å². The van der Waals surface area contributed by atoms with Crippen LogP contribution < -0.4 is 5.32 Å². The molecule has 17 heavy (non-hydrogen) atoms. The second kappa shape index (κ2) is 3.84. The van der Waals surface area contributed by atoms with Gasteiger partial charge in [-0.15, -0.1) is 0 Å². The first kappa shape index (κ1) is 10.8. The zero-order valence-electron chi connectivity index (χ0n) is 10.1. The van der Waals surface area contributed by atoms with Crippen molar-refractivity contribution in [2.24, 2.45) is 5.92 Å². The molecule has 0 saturated carbocycles. The zero-order chi connectivity index (χ0) is 12.0. The van der Waals surface area contributed by atoms with Gasteiger partial charge in [-0.2, -0.15) is 0 Å². The number of likely N-dealkylation sites (tertiary alicyclic amines) is 1. The van der Waals surface area contributed by atoms with Gasteiger partial charge in [0.05, 0.1) is 6.20 Å². The summed E-state index contributed by atoms with van der Waals surface area (Å²) in [4.78, 5) is 14.4. The fourth-order valence-corrected chi connectivity index (χ4v) is 3.13. The van der Waals surface area contributed by atoms with Crippen LogP contribution in [0.5, 0.6) is 0 Å². The topological polar surface area (TPSA) is 58.4 Å². The van der Waals surface area contributed by atoms with Gasteiger partial charge >= 0.3 is 0 Å². The first-order valence-corrected chi connectivity index (χ1v) is 6.13. The number of amides is 1. The zero-order valence-corrected chi connectivity index (χ0v) is 10.1. The van der Waals surface area contributed by atoms with Crippen LogP contribution in [0.4, 0.5) is 0 Å². The van der Waals surface area contributed by atoms with Crippen LogP contribution in [-0.2, 0) is 0 Å². The minimum atomic E-state index is -0.0105. The van der Waals surface area contributed by atoms with Crippen molar-refractivity contribution in [2.45, 2.75) is 32.4 Å². The van der Waals surface area contributed by atoms with E-state index in [0.29, 0.717) is 23.8 Å². The van der Waals surface area contributed by atoms with Gasteiger partial charge in [0.2, 0.25) is 5.76 Å². The molecule has 1 N–H and O–H groups in total. The molecule has 0 aliphatic carbocycles. The van der Waals surface area contributed by atoms with E-state index < -0.39 is 0 Å². The minimum absolute atomic E-state index is 0.0105. The largest absolute Gasteiger partial charge is 0.351 e. The van der Waals surface area contributed by atoms with Crippen LogP contribution in [0.15, 0.2) is 10.7 Å². The lowest BCUT2D eigenvalue weighted by Crippen LogP contribution is -2.42. The maximum absolute atomic E-state index is 12.4. The molecule has 2 aliphatic heterocycles. The Morgan fingerprint density at radius 3 is 3.12 bits per heavy atom. The fourth-order valence-electron chi connectivity index (χ4n) is 3.13. The molecule has 1 aromatic heterocycles. The number of hydrogen-bond donors (Lipinski definition) is 1. The van der Waals surface area contributed by atoms with Crippen LogP contribution in [-0.4, -0.2) is 41.1 Å². The van der Waals surface area contributed by atoms with Crippen molar-refractivity contribution in [3.8, 4) is 0 Å². The van der Waals surface area contributed by atoms with Gasteiger partial charge in [0, 0.05) is 30.7 Å². The number of fused-ring (bicyclic) bond motifs is 1. The summed E-state index contributed by atoms with van der Waals surface area (Å²) >= 11 is 0. The van der Waals surface area contributed by atoms with Gasteiger partial charge in [-0.05, 0) is 26.2 Å². The van der Waals surface area contributed by atoms with Crippen LogP contribution in [0.1, 0.15) is 29.5 Å². The van der Waals surface area contributed by atoms with E-state index in [1.165, 1.54) is 0 Å². The summed E-state index contributed by atoms with van der Waals surface area (Å²) in [5.74, 6) is 0.977. The molecule has 3 heterocycles. The second-order valence-electron chi connectivity index (χ2n) is 5.12.